The third kappa shape index (κ3) is 4.24. The standard InChI is InChI=1S/C47H30N4O.2Al/c1-6-18-37(19-7-1)49(38-20-8-2-9-21-38)41-26-16-27-42(34-41)50(39-22-10-3-11-23-39)44-32-33-47(48-36-44)51(40-24-12-4-13-25-40)43-28-17-31-46(35-43)52-45-29-14-5-15-30-45;;/h1-20,22-29,31-32H;;. The number of hydrogen-bond acceptors (Lipinski definition) is 5. The highest BCUT2D eigenvalue weighted by molar-refractivity contribution is 7.01. The summed E-state index contributed by atoms with van der Waals surface area (Å²) in [5.74, 6) is 2.96. The Bertz CT molecular complexity index is 2800. The fourth-order valence-corrected chi connectivity index (χ4v) is 16.3. The van der Waals surface area contributed by atoms with Crippen LogP contribution < -0.4 is 46.1 Å². The smallest absolute Gasteiger partial charge is 0.424 e. The first kappa shape index (κ1) is 30.4. The highest BCUT2D eigenvalue weighted by atomic mass is 27.2. The molecule has 0 spiro atoms. The number of anilines is 9. The Morgan fingerprint density at radius 1 is 0.370 bits per heavy atom. The SMILES string of the molecule is c1ccc(N2c3cccc[c]3[Al]3[c]4nc5[c](cc4N(c4ccccc4)c4cccc2[c]43)[Al]2[c]3ccccc3Oc3cccc([c]32)N5c2ccccc2)cc1. The Morgan fingerprint density at radius 3 is 1.56 bits per heavy atom. The van der Waals surface area contributed by atoms with Crippen molar-refractivity contribution in [3.63, 3.8) is 0 Å². The van der Waals surface area contributed by atoms with Gasteiger partial charge < -0.3 is 14.5 Å². The molecule has 0 aliphatic carbocycles. The van der Waals surface area contributed by atoms with Crippen LogP contribution in [0.1, 0.15) is 0 Å². The van der Waals surface area contributed by atoms with Gasteiger partial charge in [-0.3, -0.25) is 9.88 Å². The van der Waals surface area contributed by atoms with Crippen molar-refractivity contribution >= 4 is 106 Å². The zero-order chi connectivity index (χ0) is 35.3. The van der Waals surface area contributed by atoms with E-state index in [0.29, 0.717) is 0 Å². The highest BCUT2D eigenvalue weighted by Gasteiger charge is 2.50. The molecule has 0 radical (unpaired) electrons. The minimum absolute atomic E-state index is 0.957. The maximum Gasteiger partial charge on any atom is 0.424 e. The van der Waals surface area contributed by atoms with Gasteiger partial charge in [-0.25, -0.2) is 0 Å². The van der Waals surface area contributed by atoms with Crippen molar-refractivity contribution in [3.05, 3.63) is 182 Å². The maximum atomic E-state index is 6.69. The van der Waals surface area contributed by atoms with Gasteiger partial charge in [-0.1, -0.05) is 121 Å². The van der Waals surface area contributed by atoms with E-state index in [4.69, 9.17) is 9.72 Å². The van der Waals surface area contributed by atoms with Crippen LogP contribution in [0.25, 0.3) is 0 Å². The second-order valence-electron chi connectivity index (χ2n) is 14.3. The number of nitrogens with zero attached hydrogens (tertiary/aromatic N) is 4. The minimum Gasteiger partial charge on any atom is -0.460 e. The molecule has 1 aromatic heterocycles. The average molecular weight is 721 g/mol. The van der Waals surface area contributed by atoms with Crippen molar-refractivity contribution in [1.29, 1.82) is 0 Å². The van der Waals surface area contributed by atoms with E-state index in [1.807, 2.05) is 0 Å². The Kier molecular flexibility index (Phi) is 6.61. The van der Waals surface area contributed by atoms with Crippen LogP contribution >= 0.6 is 0 Å². The Hall–Kier alpha value is -6.05. The number of ether oxygens (including phenoxy) is 1. The first-order valence-corrected chi connectivity index (χ1v) is 22.0. The molecule has 5 heterocycles. The lowest BCUT2D eigenvalue weighted by Crippen LogP contribution is -2.65. The van der Waals surface area contributed by atoms with Crippen LogP contribution in [-0.2, 0) is 0 Å². The van der Waals surface area contributed by atoms with Gasteiger partial charge in [0.2, 0.25) is 0 Å². The highest BCUT2D eigenvalue weighted by Crippen LogP contribution is 2.45. The molecule has 0 N–H and O–H groups in total. The molecule has 0 atom stereocenters. The lowest BCUT2D eigenvalue weighted by Gasteiger charge is -2.45. The number of benzene rings is 7. The molecule has 0 bridgehead atoms. The van der Waals surface area contributed by atoms with Gasteiger partial charge in [-0.15, -0.1) is 0 Å². The molecule has 7 heteroatoms. The molecule has 7 aromatic carbocycles. The lowest BCUT2D eigenvalue weighted by molar-refractivity contribution is 0.487. The second kappa shape index (κ2) is 11.7. The third-order valence-corrected chi connectivity index (χ3v) is 18.0. The molecular formula is C47H30Al2N4O. The molecule has 54 heavy (non-hydrogen) atoms. The van der Waals surface area contributed by atoms with Gasteiger partial charge in [-0.05, 0) is 83.3 Å². The molecule has 0 amide bonds. The van der Waals surface area contributed by atoms with Crippen molar-refractivity contribution in [1.82, 2.24) is 4.98 Å². The summed E-state index contributed by atoms with van der Waals surface area (Å²) in [5, 5.41) is 0. The van der Waals surface area contributed by atoms with Gasteiger partial charge in [0.15, 0.2) is 0 Å². The van der Waals surface area contributed by atoms with Gasteiger partial charge in [-0.2, -0.15) is 0 Å². The van der Waals surface area contributed by atoms with Crippen molar-refractivity contribution in [2.75, 3.05) is 14.7 Å². The number of aromatic nitrogens is 1. The van der Waals surface area contributed by atoms with Gasteiger partial charge in [0.05, 0.1) is 5.69 Å². The Labute approximate surface area is 322 Å². The molecule has 0 unspecified atom stereocenters. The van der Waals surface area contributed by atoms with Crippen LogP contribution in [-0.4, -0.2) is 33.3 Å². The van der Waals surface area contributed by atoms with E-state index in [-0.39, 0.29) is 0 Å². The van der Waals surface area contributed by atoms with Crippen molar-refractivity contribution in [2.45, 2.75) is 0 Å². The lowest BCUT2D eigenvalue weighted by atomic mass is 10.1. The van der Waals surface area contributed by atoms with Crippen LogP contribution in [0, 0.1) is 0 Å². The first-order valence-electron chi connectivity index (χ1n) is 18.6. The van der Waals surface area contributed by atoms with Gasteiger partial charge in [0.25, 0.3) is 0 Å². The van der Waals surface area contributed by atoms with E-state index in [0.717, 1.165) is 34.4 Å². The van der Waals surface area contributed by atoms with Crippen LogP contribution in [0.2, 0.25) is 0 Å². The molecule has 0 saturated heterocycles. The third-order valence-electron chi connectivity index (χ3n) is 11.5. The van der Waals surface area contributed by atoms with E-state index in [1.165, 1.54) is 55.1 Å². The van der Waals surface area contributed by atoms with Crippen LogP contribution in [0.15, 0.2) is 182 Å². The molecule has 0 saturated carbocycles. The Balaban J connectivity index is 1.20. The van der Waals surface area contributed by atoms with E-state index in [1.54, 1.807) is 0 Å². The summed E-state index contributed by atoms with van der Waals surface area (Å²) in [5.41, 5.74) is 9.48. The summed E-state index contributed by atoms with van der Waals surface area (Å²) in [6.45, 7) is 0. The van der Waals surface area contributed by atoms with Crippen LogP contribution in [0.5, 0.6) is 11.5 Å². The zero-order valence-electron chi connectivity index (χ0n) is 29.2. The number of rotatable bonds is 3. The largest absolute Gasteiger partial charge is 0.460 e. The summed E-state index contributed by atoms with van der Waals surface area (Å²) in [6.07, 6.45) is 0. The van der Waals surface area contributed by atoms with Gasteiger partial charge in [0.1, 0.15) is 17.3 Å². The van der Waals surface area contributed by atoms with Crippen molar-refractivity contribution in [2.24, 2.45) is 0 Å². The fourth-order valence-electron chi connectivity index (χ4n) is 9.34. The normalized spacial score (nSPS) is 13.9. The number of pyridine rings is 1. The molecular weight excluding hydrogens is 691 g/mol. The molecule has 0 fully saturated rings. The van der Waals surface area contributed by atoms with E-state index in [9.17, 15) is 0 Å². The summed E-state index contributed by atoms with van der Waals surface area (Å²) in [7, 11) is 0. The van der Waals surface area contributed by atoms with Crippen LogP contribution in [0.4, 0.5) is 51.3 Å². The van der Waals surface area contributed by atoms with E-state index in [2.05, 4.69) is 197 Å². The zero-order valence-corrected chi connectivity index (χ0v) is 31.5. The van der Waals surface area contributed by atoms with E-state index < -0.39 is 28.3 Å². The monoisotopic (exact) mass is 720 g/mol. The Morgan fingerprint density at radius 2 is 0.870 bits per heavy atom. The van der Waals surface area contributed by atoms with Crippen LogP contribution in [0.3, 0.4) is 0 Å². The molecule has 4 aliphatic heterocycles. The number of para-hydroxylation sites is 5. The molecule has 12 rings (SSSR count). The molecule has 8 aromatic rings. The molecule has 4 aliphatic rings. The summed E-state index contributed by atoms with van der Waals surface area (Å²) in [6, 6.07) is 66.1. The number of hydrogen-bond donors (Lipinski definition) is 0. The van der Waals surface area contributed by atoms with Gasteiger partial charge >= 0.3 is 28.3 Å². The quantitative estimate of drug-likeness (QED) is 0.176. The van der Waals surface area contributed by atoms with Crippen molar-refractivity contribution in [3.8, 4) is 11.5 Å². The molecule has 250 valence electrons. The predicted octanol–water partition coefficient (Wildman–Crippen LogP) is 7.57. The minimum atomic E-state index is -2.15. The summed E-state index contributed by atoms with van der Waals surface area (Å²) < 4.78 is 14.6. The van der Waals surface area contributed by atoms with Crippen molar-refractivity contribution < 1.29 is 4.74 Å². The van der Waals surface area contributed by atoms with Gasteiger partial charge in [0, 0.05) is 44.4 Å². The molecule has 5 nitrogen and oxygen atoms in total. The summed E-state index contributed by atoms with van der Waals surface area (Å²) >= 11 is -4.22. The fraction of sp³-hybridized carbons (Fsp3) is 0. The number of fused-ring (bicyclic) bond motifs is 8. The first-order chi connectivity index (χ1) is 26.8. The average Bonchev–Trinajstić information content (AvgIpc) is 3.24. The van der Waals surface area contributed by atoms with E-state index >= 15 is 0 Å². The second-order valence-corrected chi connectivity index (χ2v) is 19.6. The maximum absolute atomic E-state index is 6.69. The predicted molar refractivity (Wildman–Crippen MR) is 224 cm³/mol. The topological polar surface area (TPSA) is 31.8 Å². The summed E-state index contributed by atoms with van der Waals surface area (Å²) in [4.78, 5) is 13.4.